The second-order valence-electron chi connectivity index (χ2n) is 5.80. The molecule has 2 amide bonds. The van der Waals surface area contributed by atoms with Crippen LogP contribution in [0.1, 0.15) is 26.7 Å². The molecule has 0 bridgehead atoms. The Morgan fingerprint density at radius 3 is 2.61 bits per heavy atom. The van der Waals surface area contributed by atoms with Crippen LogP contribution in [0.3, 0.4) is 0 Å². The number of hydrogen-bond acceptors (Lipinski definition) is 3. The van der Waals surface area contributed by atoms with Crippen molar-refractivity contribution in [2.75, 3.05) is 27.2 Å². The van der Waals surface area contributed by atoms with Gasteiger partial charge in [0.1, 0.15) is 0 Å². The summed E-state index contributed by atoms with van der Waals surface area (Å²) in [7, 11) is 4.00. The van der Waals surface area contributed by atoms with E-state index >= 15 is 0 Å². The minimum absolute atomic E-state index is 0.000787. The fourth-order valence-corrected chi connectivity index (χ4v) is 2.30. The summed E-state index contributed by atoms with van der Waals surface area (Å²) in [6.07, 6.45) is 1.28. The van der Waals surface area contributed by atoms with Gasteiger partial charge in [0.2, 0.25) is 11.8 Å². The van der Waals surface area contributed by atoms with Crippen LogP contribution in [0.2, 0.25) is 0 Å². The van der Waals surface area contributed by atoms with Crippen LogP contribution in [0, 0.1) is 11.8 Å². The number of amides is 2. The van der Waals surface area contributed by atoms with Gasteiger partial charge >= 0.3 is 0 Å². The number of carbonyl (C=O) groups excluding carboxylic acids is 2. The number of carbonyl (C=O) groups is 2. The number of nitrogens with one attached hydrogen (secondary N) is 2. The molecule has 5 heteroatoms. The quantitative estimate of drug-likeness (QED) is 0.713. The van der Waals surface area contributed by atoms with Crippen molar-refractivity contribution in [2.45, 2.75) is 32.7 Å². The maximum absolute atomic E-state index is 12.0. The standard InChI is InChI=1S/C13H25N3O2/c1-9(2)5-11(8-16(3)4)15-13(18)10-6-12(17)14-7-10/h9-11H,5-8H2,1-4H3,(H,14,17)(H,15,18). The zero-order chi connectivity index (χ0) is 13.7. The largest absolute Gasteiger partial charge is 0.355 e. The Morgan fingerprint density at radius 1 is 1.50 bits per heavy atom. The second-order valence-corrected chi connectivity index (χ2v) is 5.80. The topological polar surface area (TPSA) is 61.4 Å². The maximum Gasteiger partial charge on any atom is 0.225 e. The molecule has 18 heavy (non-hydrogen) atoms. The predicted molar refractivity (Wildman–Crippen MR) is 71.1 cm³/mol. The van der Waals surface area contributed by atoms with E-state index in [-0.39, 0.29) is 23.8 Å². The second kappa shape index (κ2) is 6.73. The fraction of sp³-hybridized carbons (Fsp3) is 0.846. The van der Waals surface area contributed by atoms with E-state index in [2.05, 4.69) is 29.4 Å². The number of likely N-dealkylation sites (N-methyl/N-ethyl adjacent to an activating group) is 1. The molecule has 0 aliphatic carbocycles. The van der Waals surface area contributed by atoms with Gasteiger partial charge in [0.05, 0.1) is 5.92 Å². The Kier molecular flexibility index (Phi) is 5.59. The highest BCUT2D eigenvalue weighted by Gasteiger charge is 2.29. The van der Waals surface area contributed by atoms with Gasteiger partial charge in [-0.25, -0.2) is 0 Å². The predicted octanol–water partition coefficient (Wildman–Crippen LogP) is 0.215. The summed E-state index contributed by atoms with van der Waals surface area (Å²) < 4.78 is 0. The summed E-state index contributed by atoms with van der Waals surface area (Å²) in [5.41, 5.74) is 0. The van der Waals surface area contributed by atoms with Crippen LogP contribution in [-0.2, 0) is 9.59 Å². The summed E-state index contributed by atoms with van der Waals surface area (Å²) in [6.45, 7) is 5.60. The minimum atomic E-state index is -0.200. The molecule has 1 rings (SSSR count). The lowest BCUT2D eigenvalue weighted by Gasteiger charge is -2.25. The van der Waals surface area contributed by atoms with Gasteiger partial charge in [0.15, 0.2) is 0 Å². The molecule has 0 aromatic heterocycles. The molecule has 0 aromatic carbocycles. The number of hydrogen-bond donors (Lipinski definition) is 2. The van der Waals surface area contributed by atoms with Crippen molar-refractivity contribution >= 4 is 11.8 Å². The van der Waals surface area contributed by atoms with Crippen LogP contribution in [0.5, 0.6) is 0 Å². The van der Waals surface area contributed by atoms with Crippen LogP contribution >= 0.6 is 0 Å². The third-order valence-electron chi connectivity index (χ3n) is 3.04. The molecule has 1 fully saturated rings. The summed E-state index contributed by atoms with van der Waals surface area (Å²) in [6, 6.07) is 0.156. The zero-order valence-electron chi connectivity index (χ0n) is 11.8. The van der Waals surface area contributed by atoms with Gasteiger partial charge in [-0.15, -0.1) is 0 Å². The van der Waals surface area contributed by atoms with E-state index < -0.39 is 0 Å². The minimum Gasteiger partial charge on any atom is -0.355 e. The summed E-state index contributed by atoms with van der Waals surface area (Å²) in [4.78, 5) is 25.2. The molecule has 2 unspecified atom stereocenters. The molecule has 1 aliphatic heterocycles. The molecule has 1 aliphatic rings. The van der Waals surface area contributed by atoms with Crippen molar-refractivity contribution in [3.63, 3.8) is 0 Å². The Labute approximate surface area is 109 Å². The van der Waals surface area contributed by atoms with Crippen LogP contribution in [0.4, 0.5) is 0 Å². The van der Waals surface area contributed by atoms with E-state index in [1.165, 1.54) is 0 Å². The van der Waals surface area contributed by atoms with Gasteiger partial charge in [0.25, 0.3) is 0 Å². The third kappa shape index (κ3) is 5.04. The third-order valence-corrected chi connectivity index (χ3v) is 3.04. The van der Waals surface area contributed by atoms with Crippen molar-refractivity contribution in [3.8, 4) is 0 Å². The summed E-state index contributed by atoms with van der Waals surface area (Å²) >= 11 is 0. The van der Waals surface area contributed by atoms with E-state index in [9.17, 15) is 9.59 Å². The average molecular weight is 255 g/mol. The highest BCUT2D eigenvalue weighted by atomic mass is 16.2. The van der Waals surface area contributed by atoms with E-state index in [1.807, 2.05) is 14.1 Å². The van der Waals surface area contributed by atoms with Crippen molar-refractivity contribution in [2.24, 2.45) is 11.8 Å². The van der Waals surface area contributed by atoms with Crippen molar-refractivity contribution in [1.29, 1.82) is 0 Å². The lowest BCUT2D eigenvalue weighted by molar-refractivity contribution is -0.127. The number of rotatable bonds is 6. The molecule has 0 saturated carbocycles. The van der Waals surface area contributed by atoms with E-state index in [1.54, 1.807) is 0 Å². The molecule has 0 spiro atoms. The molecule has 1 saturated heterocycles. The van der Waals surface area contributed by atoms with Crippen molar-refractivity contribution in [1.82, 2.24) is 15.5 Å². The zero-order valence-corrected chi connectivity index (χ0v) is 11.8. The Morgan fingerprint density at radius 2 is 2.17 bits per heavy atom. The van der Waals surface area contributed by atoms with Gasteiger partial charge in [0, 0.05) is 25.6 Å². The van der Waals surface area contributed by atoms with Crippen LogP contribution < -0.4 is 10.6 Å². The fourth-order valence-electron chi connectivity index (χ4n) is 2.30. The van der Waals surface area contributed by atoms with Crippen molar-refractivity contribution in [3.05, 3.63) is 0 Å². The molecule has 104 valence electrons. The van der Waals surface area contributed by atoms with Crippen LogP contribution in [-0.4, -0.2) is 49.9 Å². The maximum atomic E-state index is 12.0. The molecule has 2 N–H and O–H groups in total. The lowest BCUT2D eigenvalue weighted by Crippen LogP contribution is -2.45. The van der Waals surface area contributed by atoms with E-state index in [0.717, 1.165) is 13.0 Å². The first-order chi connectivity index (χ1) is 8.38. The summed E-state index contributed by atoms with van der Waals surface area (Å²) in [5, 5.41) is 5.76. The Balaban J connectivity index is 2.48. The summed E-state index contributed by atoms with van der Waals surface area (Å²) in [5.74, 6) is 0.317. The first-order valence-electron chi connectivity index (χ1n) is 6.60. The SMILES string of the molecule is CC(C)CC(CN(C)C)NC(=O)C1CNC(=O)C1. The van der Waals surface area contributed by atoms with Gasteiger partial charge in [-0.1, -0.05) is 13.8 Å². The monoisotopic (exact) mass is 255 g/mol. The Hall–Kier alpha value is -1.10. The smallest absolute Gasteiger partial charge is 0.225 e. The average Bonchev–Trinajstić information content (AvgIpc) is 2.62. The molecular formula is C13H25N3O2. The Bertz CT molecular complexity index is 293. The van der Waals surface area contributed by atoms with E-state index in [0.29, 0.717) is 18.9 Å². The molecule has 5 nitrogen and oxygen atoms in total. The highest BCUT2D eigenvalue weighted by molar-refractivity contribution is 5.89. The normalized spacial score (nSPS) is 21.2. The van der Waals surface area contributed by atoms with E-state index in [4.69, 9.17) is 0 Å². The molecule has 2 atom stereocenters. The van der Waals surface area contributed by atoms with Gasteiger partial charge in [-0.3, -0.25) is 9.59 Å². The molecule has 0 aromatic rings. The highest BCUT2D eigenvalue weighted by Crippen LogP contribution is 2.11. The van der Waals surface area contributed by atoms with Crippen molar-refractivity contribution < 1.29 is 9.59 Å². The lowest BCUT2D eigenvalue weighted by atomic mass is 10.0. The van der Waals surface area contributed by atoms with Gasteiger partial charge in [-0.2, -0.15) is 0 Å². The molecular weight excluding hydrogens is 230 g/mol. The van der Waals surface area contributed by atoms with Crippen LogP contribution in [0.15, 0.2) is 0 Å². The first-order valence-corrected chi connectivity index (χ1v) is 6.60. The van der Waals surface area contributed by atoms with Gasteiger partial charge < -0.3 is 15.5 Å². The van der Waals surface area contributed by atoms with Crippen LogP contribution in [0.25, 0.3) is 0 Å². The number of nitrogens with zero attached hydrogens (tertiary/aromatic N) is 1. The molecule has 0 radical (unpaired) electrons. The molecule has 1 heterocycles. The van der Waals surface area contributed by atoms with Gasteiger partial charge in [-0.05, 0) is 26.4 Å². The first kappa shape index (κ1) is 15.0.